The van der Waals surface area contributed by atoms with Gasteiger partial charge >= 0.3 is 0 Å². The lowest BCUT2D eigenvalue weighted by atomic mass is 10.2. The summed E-state index contributed by atoms with van der Waals surface area (Å²) < 4.78 is 0. The van der Waals surface area contributed by atoms with Gasteiger partial charge in [-0.05, 0) is 38.1 Å². The number of benzene rings is 2. The Bertz CT molecular complexity index is 1060. The maximum atomic E-state index is 4.76. The number of nitrogens with zero attached hydrogens (tertiary/aromatic N) is 4. The molecular formula is C22H21N5. The molecule has 0 fully saturated rings. The van der Waals surface area contributed by atoms with Gasteiger partial charge in [0, 0.05) is 35.6 Å². The van der Waals surface area contributed by atoms with Gasteiger partial charge < -0.3 is 10.2 Å². The molecule has 5 heteroatoms. The Morgan fingerprint density at radius 1 is 0.926 bits per heavy atom. The Labute approximate surface area is 158 Å². The summed E-state index contributed by atoms with van der Waals surface area (Å²) in [6.45, 7) is 4.86. The van der Waals surface area contributed by atoms with Crippen molar-refractivity contribution in [2.24, 2.45) is 0 Å². The van der Waals surface area contributed by atoms with E-state index in [0.29, 0.717) is 5.95 Å². The summed E-state index contributed by atoms with van der Waals surface area (Å²) in [4.78, 5) is 16.0. The molecule has 0 aliphatic carbocycles. The SMILES string of the molecule is CCN(c1ccccc1)c1nc(C)cc(Nc2cccc3cccnc23)n1. The van der Waals surface area contributed by atoms with Gasteiger partial charge in [0.25, 0.3) is 0 Å². The van der Waals surface area contributed by atoms with E-state index in [1.165, 1.54) is 0 Å². The molecule has 0 saturated heterocycles. The standard InChI is InChI=1S/C22H21N5/c1-3-27(18-11-5-4-6-12-18)22-24-16(2)15-20(26-22)25-19-13-7-9-17-10-8-14-23-21(17)19/h4-15H,3H2,1-2H3,(H,24,25,26). The van der Waals surface area contributed by atoms with E-state index in [9.17, 15) is 0 Å². The molecule has 4 aromatic rings. The third-order valence-electron chi connectivity index (χ3n) is 4.36. The van der Waals surface area contributed by atoms with Crippen molar-refractivity contribution in [3.63, 3.8) is 0 Å². The van der Waals surface area contributed by atoms with E-state index in [-0.39, 0.29) is 0 Å². The van der Waals surface area contributed by atoms with Gasteiger partial charge in [-0.2, -0.15) is 4.98 Å². The van der Waals surface area contributed by atoms with Crippen LogP contribution in [-0.4, -0.2) is 21.5 Å². The van der Waals surface area contributed by atoms with Crippen LogP contribution >= 0.6 is 0 Å². The lowest BCUT2D eigenvalue weighted by molar-refractivity contribution is 0.936. The fraction of sp³-hybridized carbons (Fsp3) is 0.136. The van der Waals surface area contributed by atoms with Gasteiger partial charge in [-0.15, -0.1) is 0 Å². The predicted octanol–water partition coefficient (Wildman–Crippen LogP) is 5.23. The Morgan fingerprint density at radius 2 is 1.74 bits per heavy atom. The van der Waals surface area contributed by atoms with E-state index in [2.05, 4.69) is 51.4 Å². The molecule has 1 N–H and O–H groups in total. The third kappa shape index (κ3) is 3.58. The Balaban J connectivity index is 1.72. The zero-order valence-corrected chi connectivity index (χ0v) is 15.4. The first kappa shape index (κ1) is 17.0. The molecule has 5 nitrogen and oxygen atoms in total. The monoisotopic (exact) mass is 355 g/mol. The molecule has 0 bridgehead atoms. The second kappa shape index (κ2) is 7.41. The summed E-state index contributed by atoms with van der Waals surface area (Å²) in [5.41, 5.74) is 3.83. The van der Waals surface area contributed by atoms with Gasteiger partial charge in [0.05, 0.1) is 11.2 Å². The van der Waals surface area contributed by atoms with E-state index in [0.717, 1.165) is 40.3 Å². The molecule has 0 amide bonds. The largest absolute Gasteiger partial charge is 0.338 e. The summed E-state index contributed by atoms with van der Waals surface area (Å²) in [5.74, 6) is 1.43. The smallest absolute Gasteiger partial charge is 0.232 e. The zero-order chi connectivity index (χ0) is 18.6. The van der Waals surface area contributed by atoms with E-state index in [1.54, 1.807) is 6.20 Å². The molecule has 4 rings (SSSR count). The van der Waals surface area contributed by atoms with Crippen LogP contribution in [0.25, 0.3) is 10.9 Å². The first-order valence-electron chi connectivity index (χ1n) is 9.03. The van der Waals surface area contributed by atoms with Crippen molar-refractivity contribution in [1.29, 1.82) is 0 Å². The van der Waals surface area contributed by atoms with Crippen LogP contribution in [0.5, 0.6) is 0 Å². The van der Waals surface area contributed by atoms with Crippen LogP contribution in [0.15, 0.2) is 72.9 Å². The van der Waals surface area contributed by atoms with Gasteiger partial charge in [0.1, 0.15) is 5.82 Å². The number of rotatable bonds is 5. The van der Waals surface area contributed by atoms with Crippen LogP contribution in [-0.2, 0) is 0 Å². The van der Waals surface area contributed by atoms with E-state index in [1.807, 2.05) is 49.4 Å². The van der Waals surface area contributed by atoms with Crippen molar-refractivity contribution < 1.29 is 0 Å². The molecule has 0 spiro atoms. The second-order valence-electron chi connectivity index (χ2n) is 6.28. The Hall–Kier alpha value is -3.47. The predicted molar refractivity (Wildman–Crippen MR) is 111 cm³/mol. The maximum Gasteiger partial charge on any atom is 0.232 e. The van der Waals surface area contributed by atoms with E-state index >= 15 is 0 Å². The average Bonchev–Trinajstić information content (AvgIpc) is 2.69. The molecular weight excluding hydrogens is 334 g/mol. The number of hydrogen-bond acceptors (Lipinski definition) is 5. The van der Waals surface area contributed by atoms with Crippen molar-refractivity contribution in [2.45, 2.75) is 13.8 Å². The quantitative estimate of drug-likeness (QED) is 0.531. The molecule has 134 valence electrons. The van der Waals surface area contributed by atoms with Gasteiger partial charge in [-0.25, -0.2) is 4.98 Å². The number of pyridine rings is 1. The molecule has 0 radical (unpaired) electrons. The highest BCUT2D eigenvalue weighted by atomic mass is 15.3. The van der Waals surface area contributed by atoms with Crippen LogP contribution in [0, 0.1) is 6.92 Å². The van der Waals surface area contributed by atoms with Crippen LogP contribution in [0.1, 0.15) is 12.6 Å². The minimum atomic E-state index is 0.680. The fourth-order valence-electron chi connectivity index (χ4n) is 3.13. The van der Waals surface area contributed by atoms with Crippen molar-refractivity contribution >= 4 is 34.0 Å². The second-order valence-corrected chi connectivity index (χ2v) is 6.28. The highest BCUT2D eigenvalue weighted by Gasteiger charge is 2.12. The number of anilines is 4. The van der Waals surface area contributed by atoms with Crippen LogP contribution in [0.4, 0.5) is 23.1 Å². The summed E-state index contributed by atoms with van der Waals surface area (Å²) in [6, 6.07) is 22.2. The first-order valence-corrected chi connectivity index (χ1v) is 9.03. The van der Waals surface area contributed by atoms with Crippen LogP contribution < -0.4 is 10.2 Å². The lowest BCUT2D eigenvalue weighted by Crippen LogP contribution is -2.19. The van der Waals surface area contributed by atoms with E-state index in [4.69, 9.17) is 4.98 Å². The van der Waals surface area contributed by atoms with Gasteiger partial charge in [-0.1, -0.05) is 36.4 Å². The summed E-state index contributed by atoms with van der Waals surface area (Å²) in [6.07, 6.45) is 1.80. The highest BCUT2D eigenvalue weighted by Crippen LogP contribution is 2.27. The van der Waals surface area contributed by atoms with Gasteiger partial charge in [0.2, 0.25) is 5.95 Å². The minimum absolute atomic E-state index is 0.680. The van der Waals surface area contributed by atoms with Gasteiger partial charge in [-0.3, -0.25) is 4.98 Å². The fourth-order valence-corrected chi connectivity index (χ4v) is 3.13. The van der Waals surface area contributed by atoms with E-state index < -0.39 is 0 Å². The third-order valence-corrected chi connectivity index (χ3v) is 4.36. The molecule has 2 heterocycles. The van der Waals surface area contributed by atoms with Crippen molar-refractivity contribution in [1.82, 2.24) is 15.0 Å². The van der Waals surface area contributed by atoms with Crippen LogP contribution in [0.3, 0.4) is 0 Å². The number of hydrogen-bond donors (Lipinski definition) is 1. The summed E-state index contributed by atoms with van der Waals surface area (Å²) in [7, 11) is 0. The topological polar surface area (TPSA) is 53.9 Å². The van der Waals surface area contributed by atoms with Crippen LogP contribution in [0.2, 0.25) is 0 Å². The molecule has 0 aliphatic rings. The molecule has 27 heavy (non-hydrogen) atoms. The molecule has 0 aliphatic heterocycles. The Morgan fingerprint density at radius 3 is 2.56 bits per heavy atom. The molecule has 2 aromatic heterocycles. The van der Waals surface area contributed by atoms with Crippen molar-refractivity contribution in [3.8, 4) is 0 Å². The zero-order valence-electron chi connectivity index (χ0n) is 15.4. The maximum absolute atomic E-state index is 4.76. The molecule has 2 aromatic carbocycles. The number of aromatic nitrogens is 3. The number of fused-ring (bicyclic) bond motifs is 1. The number of para-hydroxylation sites is 2. The van der Waals surface area contributed by atoms with Crippen molar-refractivity contribution in [2.75, 3.05) is 16.8 Å². The van der Waals surface area contributed by atoms with Gasteiger partial charge in [0.15, 0.2) is 0 Å². The minimum Gasteiger partial charge on any atom is -0.338 e. The normalized spacial score (nSPS) is 10.7. The highest BCUT2D eigenvalue weighted by molar-refractivity contribution is 5.91. The van der Waals surface area contributed by atoms with Crippen molar-refractivity contribution in [3.05, 3.63) is 78.6 Å². The lowest BCUT2D eigenvalue weighted by Gasteiger charge is -2.22. The molecule has 0 saturated carbocycles. The summed E-state index contributed by atoms with van der Waals surface area (Å²) >= 11 is 0. The average molecular weight is 355 g/mol. The number of aryl methyl sites for hydroxylation is 1. The number of nitrogens with one attached hydrogen (secondary N) is 1. The molecule has 0 atom stereocenters. The molecule has 0 unspecified atom stereocenters. The first-order chi connectivity index (χ1) is 13.2. The Kier molecular flexibility index (Phi) is 4.66. The summed E-state index contributed by atoms with van der Waals surface area (Å²) in [5, 5.41) is 4.51.